The molecule has 1 aromatic carbocycles. The van der Waals surface area contributed by atoms with Crippen molar-refractivity contribution in [1.82, 2.24) is 9.97 Å². The van der Waals surface area contributed by atoms with Crippen LogP contribution in [0.3, 0.4) is 0 Å². The Labute approximate surface area is 121 Å². The summed E-state index contributed by atoms with van der Waals surface area (Å²) in [6.07, 6.45) is 3.18. The third-order valence-electron chi connectivity index (χ3n) is 2.67. The van der Waals surface area contributed by atoms with Gasteiger partial charge in [-0.05, 0) is 24.3 Å². The molecule has 7 nitrogen and oxygen atoms in total. The Kier molecular flexibility index (Phi) is 4.45. The Morgan fingerprint density at radius 1 is 1.24 bits per heavy atom. The highest BCUT2D eigenvalue weighted by molar-refractivity contribution is 5.95. The molecule has 0 aliphatic rings. The van der Waals surface area contributed by atoms with Crippen molar-refractivity contribution >= 4 is 23.5 Å². The molecular weight excluding hydrogens is 272 g/mol. The number of rotatable bonds is 5. The molecule has 21 heavy (non-hydrogen) atoms. The van der Waals surface area contributed by atoms with Crippen LogP contribution in [0.25, 0.3) is 0 Å². The van der Waals surface area contributed by atoms with E-state index in [0.717, 1.165) is 0 Å². The van der Waals surface area contributed by atoms with Crippen LogP contribution in [-0.4, -0.2) is 40.5 Å². The van der Waals surface area contributed by atoms with E-state index in [0.29, 0.717) is 11.6 Å². The monoisotopic (exact) mass is 286 g/mol. The van der Waals surface area contributed by atoms with Crippen LogP contribution in [0.1, 0.15) is 10.4 Å². The normalized spacial score (nSPS) is 9.95. The van der Waals surface area contributed by atoms with Gasteiger partial charge in [0.1, 0.15) is 0 Å². The van der Waals surface area contributed by atoms with Crippen LogP contribution in [0.15, 0.2) is 42.7 Å². The van der Waals surface area contributed by atoms with Crippen molar-refractivity contribution in [3.8, 4) is 0 Å². The molecule has 1 heterocycles. The van der Waals surface area contributed by atoms with Gasteiger partial charge in [-0.3, -0.25) is 4.79 Å². The van der Waals surface area contributed by atoms with Gasteiger partial charge in [-0.2, -0.15) is 0 Å². The van der Waals surface area contributed by atoms with Crippen molar-refractivity contribution in [2.45, 2.75) is 0 Å². The van der Waals surface area contributed by atoms with E-state index in [1.54, 1.807) is 42.5 Å². The SMILES string of the molecule is CN(CC(=O)Nc1cccc(C(=O)O)c1)c1ncccn1. The first-order chi connectivity index (χ1) is 10.1. The number of carbonyl (C=O) groups is 2. The van der Waals surface area contributed by atoms with Gasteiger partial charge in [0.15, 0.2) is 0 Å². The summed E-state index contributed by atoms with van der Waals surface area (Å²) in [6, 6.07) is 7.75. The fourth-order valence-electron chi connectivity index (χ4n) is 1.70. The molecular formula is C14H14N4O3. The average molecular weight is 286 g/mol. The zero-order valence-corrected chi connectivity index (χ0v) is 11.4. The number of amides is 1. The minimum Gasteiger partial charge on any atom is -0.478 e. The van der Waals surface area contributed by atoms with Crippen molar-refractivity contribution in [3.63, 3.8) is 0 Å². The van der Waals surface area contributed by atoms with Gasteiger partial charge in [0.2, 0.25) is 11.9 Å². The second-order valence-electron chi connectivity index (χ2n) is 4.34. The van der Waals surface area contributed by atoms with Gasteiger partial charge in [0.05, 0.1) is 12.1 Å². The number of carboxylic acids is 1. The molecule has 0 saturated heterocycles. The first-order valence-electron chi connectivity index (χ1n) is 6.17. The second-order valence-corrected chi connectivity index (χ2v) is 4.34. The number of benzene rings is 1. The number of nitrogens with one attached hydrogen (secondary N) is 1. The number of hydrogen-bond acceptors (Lipinski definition) is 5. The van der Waals surface area contributed by atoms with E-state index >= 15 is 0 Å². The Balaban J connectivity index is 1.99. The lowest BCUT2D eigenvalue weighted by atomic mass is 10.2. The molecule has 1 aromatic heterocycles. The van der Waals surface area contributed by atoms with Crippen molar-refractivity contribution in [3.05, 3.63) is 48.3 Å². The summed E-state index contributed by atoms with van der Waals surface area (Å²) in [5.74, 6) is -0.889. The Bertz CT molecular complexity index is 646. The summed E-state index contributed by atoms with van der Waals surface area (Å²) in [5.41, 5.74) is 0.551. The standard InChI is InChI=1S/C14H14N4O3/c1-18(14-15-6-3-7-16-14)9-12(19)17-11-5-2-4-10(8-11)13(20)21/h2-8H,9H2,1H3,(H,17,19)(H,20,21). The topological polar surface area (TPSA) is 95.4 Å². The maximum absolute atomic E-state index is 11.9. The van der Waals surface area contributed by atoms with Gasteiger partial charge in [0, 0.05) is 25.1 Å². The maximum Gasteiger partial charge on any atom is 0.335 e. The lowest BCUT2D eigenvalue weighted by Crippen LogP contribution is -2.31. The number of aromatic nitrogens is 2. The van der Waals surface area contributed by atoms with Gasteiger partial charge in [-0.25, -0.2) is 14.8 Å². The van der Waals surface area contributed by atoms with Crippen molar-refractivity contribution < 1.29 is 14.7 Å². The quantitative estimate of drug-likeness (QED) is 0.859. The number of anilines is 2. The Morgan fingerprint density at radius 3 is 2.62 bits per heavy atom. The van der Waals surface area contributed by atoms with Crippen LogP contribution in [-0.2, 0) is 4.79 Å². The summed E-state index contributed by atoms with van der Waals surface area (Å²) in [4.78, 5) is 32.4. The molecule has 0 spiro atoms. The molecule has 2 N–H and O–H groups in total. The predicted molar refractivity (Wildman–Crippen MR) is 77.3 cm³/mol. The molecule has 2 aromatic rings. The molecule has 0 fully saturated rings. The summed E-state index contributed by atoms with van der Waals surface area (Å²) in [5, 5.41) is 11.5. The first-order valence-corrected chi connectivity index (χ1v) is 6.17. The summed E-state index contributed by atoms with van der Waals surface area (Å²) < 4.78 is 0. The van der Waals surface area contributed by atoms with E-state index in [1.165, 1.54) is 12.1 Å². The van der Waals surface area contributed by atoms with E-state index in [4.69, 9.17) is 5.11 Å². The molecule has 0 radical (unpaired) electrons. The fourth-order valence-corrected chi connectivity index (χ4v) is 1.70. The van der Waals surface area contributed by atoms with Crippen LogP contribution in [0, 0.1) is 0 Å². The minimum absolute atomic E-state index is 0.0569. The molecule has 0 aliphatic heterocycles. The zero-order chi connectivity index (χ0) is 15.2. The third-order valence-corrected chi connectivity index (χ3v) is 2.67. The highest BCUT2D eigenvalue weighted by Crippen LogP contribution is 2.11. The van der Waals surface area contributed by atoms with Gasteiger partial charge in [-0.15, -0.1) is 0 Å². The zero-order valence-electron chi connectivity index (χ0n) is 11.4. The average Bonchev–Trinajstić information content (AvgIpc) is 2.48. The predicted octanol–water partition coefficient (Wildman–Crippen LogP) is 1.25. The van der Waals surface area contributed by atoms with E-state index < -0.39 is 5.97 Å². The summed E-state index contributed by atoms with van der Waals surface area (Å²) in [6.45, 7) is 0.0569. The van der Waals surface area contributed by atoms with E-state index in [2.05, 4.69) is 15.3 Å². The van der Waals surface area contributed by atoms with Crippen LogP contribution >= 0.6 is 0 Å². The molecule has 2 rings (SSSR count). The molecule has 0 saturated carbocycles. The van der Waals surface area contributed by atoms with Gasteiger partial charge >= 0.3 is 5.97 Å². The van der Waals surface area contributed by atoms with E-state index in [9.17, 15) is 9.59 Å². The molecule has 0 aliphatic carbocycles. The summed E-state index contributed by atoms with van der Waals surface area (Å²) >= 11 is 0. The van der Waals surface area contributed by atoms with Crippen molar-refractivity contribution in [2.24, 2.45) is 0 Å². The second kappa shape index (κ2) is 6.47. The molecule has 108 valence electrons. The van der Waals surface area contributed by atoms with Gasteiger partial charge < -0.3 is 15.3 Å². The summed E-state index contributed by atoms with van der Waals surface area (Å²) in [7, 11) is 1.70. The minimum atomic E-state index is -1.04. The number of nitrogens with zero attached hydrogens (tertiary/aromatic N) is 3. The molecule has 0 atom stereocenters. The lowest BCUT2D eigenvalue weighted by Gasteiger charge is -2.16. The van der Waals surface area contributed by atoms with E-state index in [1.807, 2.05) is 0 Å². The van der Waals surface area contributed by atoms with Crippen molar-refractivity contribution in [1.29, 1.82) is 0 Å². The number of aromatic carboxylic acids is 1. The van der Waals surface area contributed by atoms with Crippen LogP contribution in [0.5, 0.6) is 0 Å². The van der Waals surface area contributed by atoms with Crippen LogP contribution in [0.4, 0.5) is 11.6 Å². The van der Waals surface area contributed by atoms with Gasteiger partial charge in [-0.1, -0.05) is 6.07 Å². The number of carbonyl (C=O) groups excluding carboxylic acids is 1. The first kappa shape index (κ1) is 14.4. The number of likely N-dealkylation sites (N-methyl/N-ethyl adjacent to an activating group) is 1. The number of hydrogen-bond donors (Lipinski definition) is 2. The fraction of sp³-hybridized carbons (Fsp3) is 0.143. The number of carboxylic acid groups (broad SMARTS) is 1. The maximum atomic E-state index is 11.9. The third kappa shape index (κ3) is 4.00. The van der Waals surface area contributed by atoms with Crippen LogP contribution < -0.4 is 10.2 Å². The van der Waals surface area contributed by atoms with Crippen LogP contribution in [0.2, 0.25) is 0 Å². The largest absolute Gasteiger partial charge is 0.478 e. The molecule has 1 amide bonds. The van der Waals surface area contributed by atoms with Gasteiger partial charge in [0.25, 0.3) is 0 Å². The molecule has 0 unspecified atom stereocenters. The Morgan fingerprint density at radius 2 is 1.95 bits per heavy atom. The highest BCUT2D eigenvalue weighted by atomic mass is 16.4. The molecule has 7 heteroatoms. The lowest BCUT2D eigenvalue weighted by molar-refractivity contribution is -0.114. The van der Waals surface area contributed by atoms with Crippen molar-refractivity contribution in [2.75, 3.05) is 23.8 Å². The van der Waals surface area contributed by atoms with E-state index in [-0.39, 0.29) is 18.0 Å². The smallest absolute Gasteiger partial charge is 0.335 e. The Hall–Kier alpha value is -2.96. The molecule has 0 bridgehead atoms. The highest BCUT2D eigenvalue weighted by Gasteiger charge is 2.10.